The molecule has 0 fully saturated rings. The normalized spacial score (nSPS) is 11.5. The molecule has 6 nitrogen and oxygen atoms in total. The number of hydrogen-bond acceptors (Lipinski definition) is 5. The lowest BCUT2D eigenvalue weighted by Gasteiger charge is -2.21. The van der Waals surface area contributed by atoms with Gasteiger partial charge in [-0.25, -0.2) is 18.9 Å². The van der Waals surface area contributed by atoms with Gasteiger partial charge in [0, 0.05) is 6.54 Å². The van der Waals surface area contributed by atoms with E-state index in [9.17, 15) is 14.0 Å². The molecule has 2 aromatic carbocycles. The number of nitrogens with two attached hydrogens (primary N) is 1. The van der Waals surface area contributed by atoms with Crippen molar-refractivity contribution in [3.8, 4) is 0 Å². The molecule has 2 amide bonds. The van der Waals surface area contributed by atoms with Crippen molar-refractivity contribution in [3.63, 3.8) is 0 Å². The number of nitrogens with zero attached hydrogens (tertiary/aromatic N) is 1. The van der Waals surface area contributed by atoms with Crippen molar-refractivity contribution in [2.45, 2.75) is 19.4 Å². The Kier molecular flexibility index (Phi) is 7.57. The minimum absolute atomic E-state index is 0.0400. The molecule has 0 bridgehead atoms. The number of ether oxygens (including phenoxy) is 2. The summed E-state index contributed by atoms with van der Waals surface area (Å²) in [6.45, 7) is -0.935. The molecule has 26 heavy (non-hydrogen) atoms. The highest BCUT2D eigenvalue weighted by Crippen LogP contribution is 2.09. The molecule has 2 aromatic rings. The number of amides is 2. The van der Waals surface area contributed by atoms with Crippen LogP contribution in [-0.4, -0.2) is 36.3 Å². The van der Waals surface area contributed by atoms with E-state index in [0.717, 1.165) is 11.1 Å². The van der Waals surface area contributed by atoms with Gasteiger partial charge in [0.15, 0.2) is 0 Å². The van der Waals surface area contributed by atoms with E-state index in [2.05, 4.69) is 0 Å². The summed E-state index contributed by atoms with van der Waals surface area (Å²) in [7, 11) is 0. The molecule has 0 aliphatic heterocycles. The second-order valence-corrected chi connectivity index (χ2v) is 5.52. The van der Waals surface area contributed by atoms with E-state index in [1.165, 1.54) is 0 Å². The Labute approximate surface area is 151 Å². The number of hydrogen-bond donors (Lipinski definition) is 1. The number of carbonyl (C=O) groups excluding carboxylic acids is 2. The molecule has 0 aromatic heterocycles. The average molecular weight is 360 g/mol. The number of alkyl halides is 1. The highest BCUT2D eigenvalue weighted by molar-refractivity contribution is 5.87. The zero-order chi connectivity index (χ0) is 18.8. The van der Waals surface area contributed by atoms with Crippen LogP contribution in [0.3, 0.4) is 0 Å². The maximum absolute atomic E-state index is 13.6. The summed E-state index contributed by atoms with van der Waals surface area (Å²) in [6.07, 6.45) is -3.53. The SMILES string of the molecule is NCC(F)CN(C(=O)OCc1ccccc1)C(=O)OCc1ccccc1. The van der Waals surface area contributed by atoms with E-state index >= 15 is 0 Å². The van der Waals surface area contributed by atoms with Gasteiger partial charge >= 0.3 is 12.2 Å². The molecule has 0 spiro atoms. The summed E-state index contributed by atoms with van der Waals surface area (Å²) >= 11 is 0. The Hall–Kier alpha value is -2.93. The molecule has 0 aliphatic rings. The van der Waals surface area contributed by atoms with Gasteiger partial charge in [0.05, 0.1) is 6.54 Å². The first-order chi connectivity index (χ1) is 12.6. The molecule has 1 atom stereocenters. The van der Waals surface area contributed by atoms with Crippen LogP contribution >= 0.6 is 0 Å². The molecule has 0 heterocycles. The predicted octanol–water partition coefficient (Wildman–Crippen LogP) is 3.26. The third kappa shape index (κ3) is 6.18. The molecule has 7 heteroatoms. The van der Waals surface area contributed by atoms with E-state index in [4.69, 9.17) is 15.2 Å². The Morgan fingerprint density at radius 1 is 0.885 bits per heavy atom. The van der Waals surface area contributed by atoms with Crippen molar-refractivity contribution in [2.24, 2.45) is 5.73 Å². The van der Waals surface area contributed by atoms with Gasteiger partial charge in [0.2, 0.25) is 0 Å². The quantitative estimate of drug-likeness (QED) is 0.820. The summed E-state index contributed by atoms with van der Waals surface area (Å²) < 4.78 is 23.8. The number of carbonyl (C=O) groups is 2. The Bertz CT molecular complexity index is 642. The minimum Gasteiger partial charge on any atom is -0.444 e. The highest BCUT2D eigenvalue weighted by atomic mass is 19.1. The summed E-state index contributed by atoms with van der Waals surface area (Å²) in [6, 6.07) is 17.9. The van der Waals surface area contributed by atoms with Gasteiger partial charge < -0.3 is 15.2 Å². The molecule has 0 saturated carbocycles. The summed E-state index contributed by atoms with van der Waals surface area (Å²) in [5, 5.41) is 0. The third-order valence-corrected chi connectivity index (χ3v) is 3.49. The number of halogens is 1. The fourth-order valence-electron chi connectivity index (χ4n) is 2.09. The smallest absolute Gasteiger partial charge is 0.419 e. The maximum Gasteiger partial charge on any atom is 0.419 e. The van der Waals surface area contributed by atoms with E-state index in [-0.39, 0.29) is 19.8 Å². The van der Waals surface area contributed by atoms with Gasteiger partial charge in [-0.05, 0) is 11.1 Å². The topological polar surface area (TPSA) is 81.9 Å². The second-order valence-electron chi connectivity index (χ2n) is 5.52. The summed E-state index contributed by atoms with van der Waals surface area (Å²) in [5.74, 6) is 0. The van der Waals surface area contributed by atoms with Crippen molar-refractivity contribution >= 4 is 12.2 Å². The van der Waals surface area contributed by atoms with Crippen LogP contribution in [0.15, 0.2) is 60.7 Å². The predicted molar refractivity (Wildman–Crippen MR) is 93.9 cm³/mol. The zero-order valence-electron chi connectivity index (χ0n) is 14.2. The van der Waals surface area contributed by atoms with Crippen LogP contribution in [0.2, 0.25) is 0 Å². The molecular formula is C19H21FN2O4. The summed E-state index contributed by atoms with van der Waals surface area (Å²) in [5.41, 5.74) is 6.73. The van der Waals surface area contributed by atoms with Crippen molar-refractivity contribution in [1.82, 2.24) is 4.90 Å². The van der Waals surface area contributed by atoms with Crippen molar-refractivity contribution in [1.29, 1.82) is 0 Å². The maximum atomic E-state index is 13.6. The lowest BCUT2D eigenvalue weighted by Crippen LogP contribution is -2.43. The van der Waals surface area contributed by atoms with E-state index < -0.39 is 24.9 Å². The van der Waals surface area contributed by atoms with Gasteiger partial charge in [-0.3, -0.25) is 0 Å². The van der Waals surface area contributed by atoms with E-state index in [0.29, 0.717) is 4.90 Å². The molecule has 1 unspecified atom stereocenters. The molecule has 138 valence electrons. The van der Waals surface area contributed by atoms with Gasteiger partial charge in [-0.15, -0.1) is 0 Å². The van der Waals surface area contributed by atoms with Crippen molar-refractivity contribution in [2.75, 3.05) is 13.1 Å². The van der Waals surface area contributed by atoms with Crippen molar-refractivity contribution in [3.05, 3.63) is 71.8 Å². The van der Waals surface area contributed by atoms with Crippen LogP contribution in [0.25, 0.3) is 0 Å². The fourth-order valence-corrected chi connectivity index (χ4v) is 2.09. The van der Waals surface area contributed by atoms with Gasteiger partial charge in [-0.2, -0.15) is 0 Å². The van der Waals surface area contributed by atoms with E-state index in [1.54, 1.807) is 48.5 Å². The lowest BCUT2D eigenvalue weighted by atomic mass is 10.2. The first-order valence-corrected chi connectivity index (χ1v) is 8.13. The molecule has 0 radical (unpaired) electrons. The number of imide groups is 1. The molecule has 0 saturated heterocycles. The van der Waals surface area contributed by atoms with Gasteiger partial charge in [0.1, 0.15) is 19.4 Å². The lowest BCUT2D eigenvalue weighted by molar-refractivity contribution is 0.0622. The third-order valence-electron chi connectivity index (χ3n) is 3.49. The Morgan fingerprint density at radius 2 is 1.31 bits per heavy atom. The largest absolute Gasteiger partial charge is 0.444 e. The number of rotatable bonds is 7. The van der Waals surface area contributed by atoms with Crippen LogP contribution in [0.1, 0.15) is 11.1 Å². The molecule has 0 aliphatic carbocycles. The summed E-state index contributed by atoms with van der Waals surface area (Å²) in [4.78, 5) is 25.0. The standard InChI is InChI=1S/C19H21FN2O4/c20-17(11-21)12-22(18(23)25-13-15-7-3-1-4-8-15)19(24)26-14-16-9-5-2-6-10-16/h1-10,17H,11-14,21H2. The van der Waals surface area contributed by atoms with Gasteiger partial charge in [-0.1, -0.05) is 60.7 Å². The average Bonchev–Trinajstić information content (AvgIpc) is 2.69. The van der Waals surface area contributed by atoms with Crippen LogP contribution in [0, 0.1) is 0 Å². The van der Waals surface area contributed by atoms with Crippen LogP contribution in [0.5, 0.6) is 0 Å². The molecule has 2 N–H and O–H groups in total. The van der Waals surface area contributed by atoms with Crippen LogP contribution in [-0.2, 0) is 22.7 Å². The first kappa shape index (κ1) is 19.4. The highest BCUT2D eigenvalue weighted by Gasteiger charge is 2.27. The number of benzene rings is 2. The Morgan fingerprint density at radius 3 is 1.69 bits per heavy atom. The molecule has 2 rings (SSSR count). The fraction of sp³-hybridized carbons (Fsp3) is 0.263. The van der Waals surface area contributed by atoms with E-state index in [1.807, 2.05) is 12.1 Å². The monoisotopic (exact) mass is 360 g/mol. The molecular weight excluding hydrogens is 339 g/mol. The van der Waals surface area contributed by atoms with Crippen LogP contribution < -0.4 is 5.73 Å². The van der Waals surface area contributed by atoms with Crippen LogP contribution in [0.4, 0.5) is 14.0 Å². The second kappa shape index (κ2) is 10.1. The Balaban J connectivity index is 1.96. The minimum atomic E-state index is -1.57. The van der Waals surface area contributed by atoms with Gasteiger partial charge in [0.25, 0.3) is 0 Å². The zero-order valence-corrected chi connectivity index (χ0v) is 14.2. The first-order valence-electron chi connectivity index (χ1n) is 8.13. The van der Waals surface area contributed by atoms with Crippen molar-refractivity contribution < 1.29 is 23.5 Å².